The summed E-state index contributed by atoms with van der Waals surface area (Å²) in [6.07, 6.45) is 3.97. The van der Waals surface area contributed by atoms with Crippen molar-refractivity contribution in [2.45, 2.75) is 20.3 Å². The molecule has 1 heterocycles. The highest BCUT2D eigenvalue weighted by atomic mass is 16.5. The number of rotatable bonds is 3. The zero-order valence-electron chi connectivity index (χ0n) is 8.06. The Morgan fingerprint density at radius 3 is 2.54 bits per heavy atom. The van der Waals surface area contributed by atoms with Gasteiger partial charge in [0.25, 0.3) is 0 Å². The minimum atomic E-state index is -0.300. The minimum Gasteiger partial charge on any atom is -0.449 e. The van der Waals surface area contributed by atoms with E-state index in [4.69, 9.17) is 4.74 Å². The van der Waals surface area contributed by atoms with E-state index in [2.05, 4.69) is 13.8 Å². The molecule has 1 rings (SSSR count). The number of ether oxygens (including phenoxy) is 1. The molecule has 0 spiro atoms. The van der Waals surface area contributed by atoms with Crippen LogP contribution in [-0.4, -0.2) is 17.3 Å². The Kier molecular flexibility index (Phi) is 3.55. The van der Waals surface area contributed by atoms with E-state index in [-0.39, 0.29) is 6.09 Å². The predicted molar refractivity (Wildman–Crippen MR) is 50.6 cm³/mol. The number of carbonyl (C=O) groups excluding carboxylic acids is 1. The Morgan fingerprint density at radius 1 is 1.38 bits per heavy atom. The molecule has 1 aromatic rings. The van der Waals surface area contributed by atoms with Crippen LogP contribution in [-0.2, 0) is 4.74 Å². The summed E-state index contributed by atoms with van der Waals surface area (Å²) in [5.74, 6) is 0.567. The molecule has 13 heavy (non-hydrogen) atoms. The SMILES string of the molecule is CC(C)CCOC(=O)n1cccc1. The molecule has 0 aliphatic heterocycles. The Balaban J connectivity index is 2.27. The average molecular weight is 181 g/mol. The number of carbonyl (C=O) groups is 1. The molecule has 0 aliphatic carbocycles. The van der Waals surface area contributed by atoms with Crippen LogP contribution in [0.5, 0.6) is 0 Å². The summed E-state index contributed by atoms with van der Waals surface area (Å²) in [6.45, 7) is 4.70. The highest BCUT2D eigenvalue weighted by Gasteiger charge is 2.03. The molecule has 0 atom stereocenters. The quantitative estimate of drug-likeness (QED) is 0.717. The maximum atomic E-state index is 11.2. The van der Waals surface area contributed by atoms with Gasteiger partial charge < -0.3 is 4.74 Å². The van der Waals surface area contributed by atoms with E-state index >= 15 is 0 Å². The van der Waals surface area contributed by atoms with E-state index in [0.29, 0.717) is 12.5 Å². The summed E-state index contributed by atoms with van der Waals surface area (Å²) in [6, 6.07) is 3.59. The van der Waals surface area contributed by atoms with E-state index in [1.807, 2.05) is 0 Å². The van der Waals surface area contributed by atoms with Gasteiger partial charge in [-0.1, -0.05) is 13.8 Å². The van der Waals surface area contributed by atoms with Gasteiger partial charge >= 0.3 is 6.09 Å². The lowest BCUT2D eigenvalue weighted by atomic mass is 10.1. The maximum absolute atomic E-state index is 11.2. The molecule has 3 heteroatoms. The van der Waals surface area contributed by atoms with E-state index < -0.39 is 0 Å². The summed E-state index contributed by atoms with van der Waals surface area (Å²) in [5, 5.41) is 0. The first-order valence-electron chi connectivity index (χ1n) is 4.50. The molecule has 0 saturated carbocycles. The first-order valence-corrected chi connectivity index (χ1v) is 4.50. The van der Waals surface area contributed by atoms with Crippen LogP contribution in [0.1, 0.15) is 20.3 Å². The molecule has 3 nitrogen and oxygen atoms in total. The molecular weight excluding hydrogens is 166 g/mol. The minimum absolute atomic E-state index is 0.300. The monoisotopic (exact) mass is 181 g/mol. The second kappa shape index (κ2) is 4.70. The zero-order chi connectivity index (χ0) is 9.68. The third kappa shape index (κ3) is 3.32. The highest BCUT2D eigenvalue weighted by molar-refractivity contribution is 5.70. The molecular formula is C10H15NO2. The fraction of sp³-hybridized carbons (Fsp3) is 0.500. The van der Waals surface area contributed by atoms with Crippen LogP contribution < -0.4 is 0 Å². The van der Waals surface area contributed by atoms with Crippen molar-refractivity contribution in [1.82, 2.24) is 4.57 Å². The van der Waals surface area contributed by atoms with Crippen LogP contribution >= 0.6 is 0 Å². The summed E-state index contributed by atoms with van der Waals surface area (Å²) in [4.78, 5) is 11.2. The topological polar surface area (TPSA) is 31.2 Å². The number of nitrogens with zero attached hydrogens (tertiary/aromatic N) is 1. The average Bonchev–Trinajstić information content (AvgIpc) is 2.55. The first-order chi connectivity index (χ1) is 6.20. The van der Waals surface area contributed by atoms with Crippen LogP contribution in [0.15, 0.2) is 24.5 Å². The first kappa shape index (κ1) is 9.84. The molecule has 0 aromatic carbocycles. The number of hydrogen-bond acceptors (Lipinski definition) is 2. The third-order valence-electron chi connectivity index (χ3n) is 1.74. The molecule has 0 unspecified atom stereocenters. The fourth-order valence-corrected chi connectivity index (χ4v) is 0.913. The van der Waals surface area contributed by atoms with Crippen LogP contribution in [0.3, 0.4) is 0 Å². The molecule has 0 aliphatic rings. The van der Waals surface area contributed by atoms with Crippen molar-refractivity contribution in [3.8, 4) is 0 Å². The summed E-state index contributed by atoms with van der Waals surface area (Å²) >= 11 is 0. The van der Waals surface area contributed by atoms with Crippen molar-refractivity contribution in [2.24, 2.45) is 5.92 Å². The smallest absolute Gasteiger partial charge is 0.417 e. The van der Waals surface area contributed by atoms with Gasteiger partial charge in [-0.15, -0.1) is 0 Å². The number of hydrogen-bond donors (Lipinski definition) is 0. The van der Waals surface area contributed by atoms with Crippen molar-refractivity contribution >= 4 is 6.09 Å². The van der Waals surface area contributed by atoms with Gasteiger partial charge in [0.1, 0.15) is 0 Å². The lowest BCUT2D eigenvalue weighted by Crippen LogP contribution is -2.13. The molecule has 72 valence electrons. The third-order valence-corrected chi connectivity index (χ3v) is 1.74. The summed E-state index contributed by atoms with van der Waals surface area (Å²) < 4.78 is 6.45. The van der Waals surface area contributed by atoms with Crippen molar-refractivity contribution in [1.29, 1.82) is 0 Å². The Morgan fingerprint density at radius 2 is 2.00 bits per heavy atom. The van der Waals surface area contributed by atoms with Crippen molar-refractivity contribution in [2.75, 3.05) is 6.61 Å². The molecule has 0 amide bonds. The highest BCUT2D eigenvalue weighted by Crippen LogP contribution is 2.00. The van der Waals surface area contributed by atoms with Crippen molar-refractivity contribution in [3.63, 3.8) is 0 Å². The van der Waals surface area contributed by atoms with Crippen molar-refractivity contribution in [3.05, 3.63) is 24.5 Å². The lowest BCUT2D eigenvalue weighted by molar-refractivity contribution is 0.142. The van der Waals surface area contributed by atoms with Crippen LogP contribution in [0, 0.1) is 5.92 Å². The zero-order valence-corrected chi connectivity index (χ0v) is 8.06. The maximum Gasteiger partial charge on any atom is 0.417 e. The largest absolute Gasteiger partial charge is 0.449 e. The van der Waals surface area contributed by atoms with Gasteiger partial charge in [-0.2, -0.15) is 0 Å². The Labute approximate surface area is 78.3 Å². The normalized spacial score (nSPS) is 10.4. The standard InChI is InChI=1S/C10H15NO2/c1-9(2)5-8-13-10(12)11-6-3-4-7-11/h3-4,6-7,9H,5,8H2,1-2H3. The van der Waals surface area contributed by atoms with Gasteiger partial charge in [0.15, 0.2) is 0 Å². The molecule has 0 N–H and O–H groups in total. The van der Waals surface area contributed by atoms with E-state index in [1.165, 1.54) is 4.57 Å². The Hall–Kier alpha value is -1.25. The van der Waals surface area contributed by atoms with Gasteiger partial charge in [0, 0.05) is 12.4 Å². The summed E-state index contributed by atoms with van der Waals surface area (Å²) in [7, 11) is 0. The van der Waals surface area contributed by atoms with Crippen LogP contribution in [0.25, 0.3) is 0 Å². The van der Waals surface area contributed by atoms with E-state index in [1.54, 1.807) is 24.5 Å². The Bertz CT molecular complexity index is 252. The summed E-state index contributed by atoms with van der Waals surface area (Å²) in [5.41, 5.74) is 0. The molecule has 0 fully saturated rings. The van der Waals surface area contributed by atoms with Crippen LogP contribution in [0.2, 0.25) is 0 Å². The van der Waals surface area contributed by atoms with E-state index in [0.717, 1.165) is 6.42 Å². The van der Waals surface area contributed by atoms with Gasteiger partial charge in [0.05, 0.1) is 6.61 Å². The molecule has 1 aromatic heterocycles. The van der Waals surface area contributed by atoms with Gasteiger partial charge in [-0.3, -0.25) is 4.57 Å². The second-order valence-electron chi connectivity index (χ2n) is 3.39. The predicted octanol–water partition coefficient (Wildman–Crippen LogP) is 2.52. The fourth-order valence-electron chi connectivity index (χ4n) is 0.913. The van der Waals surface area contributed by atoms with Gasteiger partial charge in [-0.05, 0) is 24.5 Å². The van der Waals surface area contributed by atoms with E-state index in [9.17, 15) is 4.79 Å². The molecule has 0 radical (unpaired) electrons. The number of aromatic nitrogens is 1. The molecule has 0 saturated heterocycles. The van der Waals surface area contributed by atoms with Crippen LogP contribution in [0.4, 0.5) is 4.79 Å². The van der Waals surface area contributed by atoms with Gasteiger partial charge in [-0.25, -0.2) is 4.79 Å². The lowest BCUT2D eigenvalue weighted by Gasteiger charge is -2.06. The second-order valence-corrected chi connectivity index (χ2v) is 3.39. The van der Waals surface area contributed by atoms with Gasteiger partial charge in [0.2, 0.25) is 0 Å². The molecule has 0 bridgehead atoms. The van der Waals surface area contributed by atoms with Crippen molar-refractivity contribution < 1.29 is 9.53 Å².